The molecule has 76 valence electrons. The molecule has 1 heterocycles. The average Bonchev–Trinajstić information content (AvgIpc) is 2.17. The minimum atomic E-state index is -0.468. The van der Waals surface area contributed by atoms with Crippen LogP contribution in [0, 0.1) is 6.92 Å². The molecule has 3 heteroatoms. The highest BCUT2D eigenvalue weighted by Gasteiger charge is 2.16. The molecule has 2 rings (SSSR count). The summed E-state index contributed by atoms with van der Waals surface area (Å²) in [4.78, 5) is 0. The first-order chi connectivity index (χ1) is 6.68. The zero-order chi connectivity index (χ0) is 10.1. The summed E-state index contributed by atoms with van der Waals surface area (Å²) in [5, 5.41) is 9.45. The normalized spacial score (nSPS) is 16.5. The van der Waals surface area contributed by atoms with E-state index in [-0.39, 0.29) is 0 Å². The Kier molecular flexibility index (Phi) is 2.33. The molecule has 1 aromatic rings. The molecule has 0 fully saturated rings. The fourth-order valence-corrected chi connectivity index (χ4v) is 1.60. The van der Waals surface area contributed by atoms with Crippen molar-refractivity contribution in [2.75, 3.05) is 13.2 Å². The van der Waals surface area contributed by atoms with E-state index in [1.165, 1.54) is 0 Å². The summed E-state index contributed by atoms with van der Waals surface area (Å²) in [5.41, 5.74) is 1.88. The lowest BCUT2D eigenvalue weighted by atomic mass is 10.1. The molecule has 14 heavy (non-hydrogen) atoms. The van der Waals surface area contributed by atoms with E-state index in [9.17, 15) is 5.11 Å². The van der Waals surface area contributed by atoms with Gasteiger partial charge < -0.3 is 14.6 Å². The Balaban J connectivity index is 2.46. The van der Waals surface area contributed by atoms with Gasteiger partial charge in [-0.05, 0) is 37.1 Å². The van der Waals surface area contributed by atoms with Gasteiger partial charge in [-0.1, -0.05) is 0 Å². The third kappa shape index (κ3) is 1.55. The number of benzene rings is 1. The Morgan fingerprint density at radius 3 is 2.71 bits per heavy atom. The van der Waals surface area contributed by atoms with Gasteiger partial charge in [-0.25, -0.2) is 0 Å². The number of aliphatic hydroxyl groups is 1. The van der Waals surface area contributed by atoms with Crippen LogP contribution >= 0.6 is 0 Å². The van der Waals surface area contributed by atoms with Gasteiger partial charge in [-0.3, -0.25) is 0 Å². The zero-order valence-corrected chi connectivity index (χ0v) is 8.41. The third-order valence-electron chi connectivity index (χ3n) is 2.33. The number of fused-ring (bicyclic) bond motifs is 1. The summed E-state index contributed by atoms with van der Waals surface area (Å²) in [6.07, 6.45) is -0.468. The van der Waals surface area contributed by atoms with Gasteiger partial charge in [-0.2, -0.15) is 0 Å². The summed E-state index contributed by atoms with van der Waals surface area (Å²) < 4.78 is 10.9. The summed E-state index contributed by atoms with van der Waals surface area (Å²) in [7, 11) is 0. The first-order valence-corrected chi connectivity index (χ1v) is 4.76. The van der Waals surface area contributed by atoms with Gasteiger partial charge >= 0.3 is 0 Å². The molecule has 1 aliphatic rings. The Morgan fingerprint density at radius 1 is 1.29 bits per heavy atom. The summed E-state index contributed by atoms with van der Waals surface area (Å²) in [5.74, 6) is 1.55. The van der Waals surface area contributed by atoms with E-state index in [2.05, 4.69) is 0 Å². The number of aliphatic hydroxyl groups excluding tert-OH is 1. The number of hydrogen-bond donors (Lipinski definition) is 1. The first kappa shape index (κ1) is 9.34. The highest BCUT2D eigenvalue weighted by atomic mass is 16.6. The lowest BCUT2D eigenvalue weighted by Gasteiger charge is -2.21. The van der Waals surface area contributed by atoms with Crippen LogP contribution in [0.3, 0.4) is 0 Å². The van der Waals surface area contributed by atoms with Crippen molar-refractivity contribution in [3.8, 4) is 11.5 Å². The van der Waals surface area contributed by atoms with Gasteiger partial charge in [0, 0.05) is 0 Å². The molecule has 1 N–H and O–H groups in total. The van der Waals surface area contributed by atoms with Crippen LogP contribution in [-0.4, -0.2) is 18.3 Å². The van der Waals surface area contributed by atoms with Gasteiger partial charge in [0.05, 0.1) is 6.10 Å². The second-order valence-corrected chi connectivity index (χ2v) is 3.54. The molecule has 0 aliphatic carbocycles. The van der Waals surface area contributed by atoms with Crippen molar-refractivity contribution in [3.63, 3.8) is 0 Å². The van der Waals surface area contributed by atoms with Crippen molar-refractivity contribution in [3.05, 3.63) is 23.3 Å². The molecule has 0 radical (unpaired) electrons. The van der Waals surface area contributed by atoms with Gasteiger partial charge in [-0.15, -0.1) is 0 Å². The third-order valence-corrected chi connectivity index (χ3v) is 2.33. The highest BCUT2D eigenvalue weighted by Crippen LogP contribution is 2.36. The van der Waals surface area contributed by atoms with E-state index in [1.54, 1.807) is 6.92 Å². The second kappa shape index (κ2) is 3.50. The molecule has 0 saturated heterocycles. The van der Waals surface area contributed by atoms with Crippen LogP contribution < -0.4 is 9.47 Å². The number of ether oxygens (including phenoxy) is 2. The fourth-order valence-electron chi connectivity index (χ4n) is 1.60. The number of rotatable bonds is 1. The quantitative estimate of drug-likeness (QED) is 0.741. The average molecular weight is 194 g/mol. The molecular weight excluding hydrogens is 180 g/mol. The Hall–Kier alpha value is -1.22. The van der Waals surface area contributed by atoms with Gasteiger partial charge in [0.2, 0.25) is 0 Å². The zero-order valence-electron chi connectivity index (χ0n) is 8.41. The summed E-state index contributed by atoms with van der Waals surface area (Å²) in [6, 6.07) is 3.77. The van der Waals surface area contributed by atoms with E-state index in [1.807, 2.05) is 19.1 Å². The van der Waals surface area contributed by atoms with Gasteiger partial charge in [0.15, 0.2) is 11.5 Å². The van der Waals surface area contributed by atoms with Crippen LogP contribution in [0.4, 0.5) is 0 Å². The van der Waals surface area contributed by atoms with E-state index in [4.69, 9.17) is 9.47 Å². The van der Waals surface area contributed by atoms with Crippen LogP contribution in [0.2, 0.25) is 0 Å². The molecule has 0 bridgehead atoms. The lowest BCUT2D eigenvalue weighted by molar-refractivity contribution is 0.167. The largest absolute Gasteiger partial charge is 0.486 e. The standard InChI is InChI=1S/C11H14O3/c1-7-5-9(8(2)12)6-10-11(7)14-4-3-13-10/h5-6,8,12H,3-4H2,1-2H3. The van der Waals surface area contributed by atoms with Gasteiger partial charge in [0.25, 0.3) is 0 Å². The van der Waals surface area contributed by atoms with Gasteiger partial charge in [0.1, 0.15) is 13.2 Å². The topological polar surface area (TPSA) is 38.7 Å². The van der Waals surface area contributed by atoms with E-state index >= 15 is 0 Å². The first-order valence-electron chi connectivity index (χ1n) is 4.76. The van der Waals surface area contributed by atoms with Crippen molar-refractivity contribution in [1.82, 2.24) is 0 Å². The summed E-state index contributed by atoms with van der Waals surface area (Å²) >= 11 is 0. The minimum absolute atomic E-state index is 0.468. The minimum Gasteiger partial charge on any atom is -0.486 e. The van der Waals surface area contributed by atoms with E-state index in [0.29, 0.717) is 13.2 Å². The molecule has 1 unspecified atom stereocenters. The fraction of sp³-hybridized carbons (Fsp3) is 0.455. The molecule has 0 spiro atoms. The molecule has 0 aromatic heterocycles. The van der Waals surface area contributed by atoms with E-state index < -0.39 is 6.10 Å². The number of aryl methyl sites for hydroxylation is 1. The Morgan fingerprint density at radius 2 is 2.00 bits per heavy atom. The van der Waals surface area contributed by atoms with Crippen molar-refractivity contribution in [1.29, 1.82) is 0 Å². The maximum absolute atomic E-state index is 9.45. The highest BCUT2D eigenvalue weighted by molar-refractivity contribution is 5.50. The van der Waals surface area contributed by atoms with Crippen molar-refractivity contribution in [2.24, 2.45) is 0 Å². The maximum atomic E-state index is 9.45. The molecular formula is C11H14O3. The smallest absolute Gasteiger partial charge is 0.164 e. The van der Waals surface area contributed by atoms with Crippen LogP contribution in [0.25, 0.3) is 0 Å². The maximum Gasteiger partial charge on any atom is 0.164 e. The predicted octanol–water partition coefficient (Wildman–Crippen LogP) is 1.82. The van der Waals surface area contributed by atoms with Crippen LogP contribution in [-0.2, 0) is 0 Å². The Bertz CT molecular complexity index is 345. The SMILES string of the molecule is Cc1cc(C(C)O)cc2c1OCCO2. The second-order valence-electron chi connectivity index (χ2n) is 3.54. The molecule has 1 aromatic carbocycles. The van der Waals surface area contributed by atoms with Crippen molar-refractivity contribution in [2.45, 2.75) is 20.0 Å². The molecule has 3 nitrogen and oxygen atoms in total. The van der Waals surface area contributed by atoms with E-state index in [0.717, 1.165) is 22.6 Å². The number of hydrogen-bond acceptors (Lipinski definition) is 3. The molecule has 1 aliphatic heterocycles. The van der Waals surface area contributed by atoms with Crippen molar-refractivity contribution < 1.29 is 14.6 Å². The predicted molar refractivity (Wildman–Crippen MR) is 52.8 cm³/mol. The molecule has 0 saturated carbocycles. The lowest BCUT2D eigenvalue weighted by Crippen LogP contribution is -2.16. The van der Waals surface area contributed by atoms with Crippen LogP contribution in [0.5, 0.6) is 11.5 Å². The monoisotopic (exact) mass is 194 g/mol. The Labute approximate surface area is 83.3 Å². The summed E-state index contributed by atoms with van der Waals surface area (Å²) in [6.45, 7) is 4.88. The van der Waals surface area contributed by atoms with Crippen molar-refractivity contribution >= 4 is 0 Å². The molecule has 0 amide bonds. The van der Waals surface area contributed by atoms with Crippen LogP contribution in [0.1, 0.15) is 24.2 Å². The molecule has 1 atom stereocenters. The van der Waals surface area contributed by atoms with Crippen LogP contribution in [0.15, 0.2) is 12.1 Å².